The van der Waals surface area contributed by atoms with Gasteiger partial charge in [0.2, 0.25) is 11.8 Å². The highest BCUT2D eigenvalue weighted by molar-refractivity contribution is 5.80. The molecule has 3 rings (SSSR count). The molecule has 0 bridgehead atoms. The number of imidazole rings is 1. The molecule has 0 aliphatic rings. The molecule has 2 N–H and O–H groups in total. The minimum absolute atomic E-state index is 0.184. The number of carbonyl (C=O) groups is 1. The molecule has 0 saturated heterocycles. The van der Waals surface area contributed by atoms with Crippen molar-refractivity contribution in [2.24, 2.45) is 0 Å². The summed E-state index contributed by atoms with van der Waals surface area (Å²) in [6.45, 7) is 12.1. The molecular weight excluding hydrogens is 418 g/mol. The second kappa shape index (κ2) is 10.2. The summed E-state index contributed by atoms with van der Waals surface area (Å²) >= 11 is 0. The van der Waals surface area contributed by atoms with Crippen LogP contribution in [0, 0.1) is 13.8 Å². The fourth-order valence-corrected chi connectivity index (χ4v) is 3.49. The van der Waals surface area contributed by atoms with E-state index in [2.05, 4.69) is 41.2 Å². The van der Waals surface area contributed by atoms with Crippen molar-refractivity contribution in [3.8, 4) is 17.3 Å². The van der Waals surface area contributed by atoms with Gasteiger partial charge in [-0.2, -0.15) is 0 Å². The Morgan fingerprint density at radius 3 is 2.52 bits per heavy atom. The van der Waals surface area contributed by atoms with Crippen LogP contribution in [-0.4, -0.2) is 34.7 Å². The van der Waals surface area contributed by atoms with Crippen LogP contribution >= 0.6 is 0 Å². The van der Waals surface area contributed by atoms with E-state index >= 15 is 0 Å². The predicted molar refractivity (Wildman–Crippen MR) is 128 cm³/mol. The first-order valence-electron chi connectivity index (χ1n) is 10.7. The number of benzene rings is 1. The molecule has 0 unspecified atom stereocenters. The number of methoxy groups -OCH3 is 2. The Balaban J connectivity index is 1.67. The summed E-state index contributed by atoms with van der Waals surface area (Å²) in [7, 11) is 3.22. The van der Waals surface area contributed by atoms with Crippen LogP contribution in [0.5, 0.6) is 11.6 Å². The molecule has 0 saturated carbocycles. The topological polar surface area (TPSA) is 90.3 Å². The van der Waals surface area contributed by atoms with Crippen molar-refractivity contribution < 1.29 is 14.3 Å². The lowest BCUT2D eigenvalue weighted by Gasteiger charge is -2.17. The summed E-state index contributed by atoms with van der Waals surface area (Å²) in [6, 6.07) is 7.68. The maximum absolute atomic E-state index is 12.6. The zero-order valence-electron chi connectivity index (χ0n) is 20.0. The van der Waals surface area contributed by atoms with Crippen molar-refractivity contribution in [1.29, 1.82) is 0 Å². The number of nitrogens with zero attached hydrogens (tertiary/aromatic N) is 3. The van der Waals surface area contributed by atoms with Crippen LogP contribution in [0.25, 0.3) is 11.4 Å². The summed E-state index contributed by atoms with van der Waals surface area (Å²) in [6.07, 6.45) is 3.82. The van der Waals surface area contributed by atoms with Crippen molar-refractivity contribution in [2.45, 2.75) is 40.0 Å². The van der Waals surface area contributed by atoms with E-state index in [1.807, 2.05) is 42.8 Å². The summed E-state index contributed by atoms with van der Waals surface area (Å²) in [5.74, 6) is 1.37. The third-order valence-corrected chi connectivity index (χ3v) is 5.35. The van der Waals surface area contributed by atoms with Gasteiger partial charge in [0.15, 0.2) is 0 Å². The van der Waals surface area contributed by atoms with E-state index in [0.717, 1.165) is 33.8 Å². The lowest BCUT2D eigenvalue weighted by Crippen LogP contribution is -2.37. The van der Waals surface area contributed by atoms with Crippen molar-refractivity contribution in [2.75, 3.05) is 14.2 Å². The molecule has 0 fully saturated rings. The second-order valence-corrected chi connectivity index (χ2v) is 8.15. The fraction of sp³-hybridized carbons (Fsp3) is 0.320. The lowest BCUT2D eigenvalue weighted by molar-refractivity contribution is -0.121. The van der Waals surface area contributed by atoms with E-state index in [0.29, 0.717) is 17.3 Å². The Morgan fingerprint density at radius 1 is 1.15 bits per heavy atom. The van der Waals surface area contributed by atoms with Crippen LogP contribution in [0.1, 0.15) is 47.8 Å². The molecule has 1 amide bonds. The van der Waals surface area contributed by atoms with Gasteiger partial charge >= 0.3 is 0 Å². The van der Waals surface area contributed by atoms with E-state index in [4.69, 9.17) is 9.47 Å². The van der Waals surface area contributed by atoms with Gasteiger partial charge in [0.1, 0.15) is 11.4 Å². The molecule has 0 spiro atoms. The highest BCUT2D eigenvalue weighted by Crippen LogP contribution is 2.30. The first-order valence-corrected chi connectivity index (χ1v) is 10.7. The second-order valence-electron chi connectivity index (χ2n) is 8.15. The minimum Gasteiger partial charge on any atom is -0.496 e. The van der Waals surface area contributed by atoms with Crippen molar-refractivity contribution >= 4 is 11.6 Å². The zero-order chi connectivity index (χ0) is 24.1. The number of hydrogen-bond acceptors (Lipinski definition) is 6. The molecule has 0 aliphatic heterocycles. The summed E-state index contributed by atoms with van der Waals surface area (Å²) in [4.78, 5) is 21.3. The number of aromatic nitrogens is 3. The van der Waals surface area contributed by atoms with Crippen LogP contribution in [0.4, 0.5) is 0 Å². The van der Waals surface area contributed by atoms with E-state index in [9.17, 15) is 4.79 Å². The molecule has 1 aromatic carbocycles. The molecule has 174 valence electrons. The first-order chi connectivity index (χ1) is 15.7. The number of hydrogen-bond donors (Lipinski definition) is 2. The van der Waals surface area contributed by atoms with Crippen LogP contribution in [-0.2, 0) is 11.2 Å². The molecule has 0 radical (unpaired) electrons. The van der Waals surface area contributed by atoms with Crippen LogP contribution in [0.2, 0.25) is 0 Å². The third-order valence-electron chi connectivity index (χ3n) is 5.35. The smallest absolute Gasteiger partial charge is 0.242 e. The van der Waals surface area contributed by atoms with Gasteiger partial charge in [-0.3, -0.25) is 15.6 Å². The SMILES string of the molecule is C=C(NNC(=O)Cc1cc(C(C)C)c(OC)cc1C)c1ccc(-n2cnc(C)c2)c(OC)n1. The highest BCUT2D eigenvalue weighted by Gasteiger charge is 2.15. The summed E-state index contributed by atoms with van der Waals surface area (Å²) in [5, 5.41) is 0. The number of ether oxygens (including phenoxy) is 2. The molecule has 0 aliphatic carbocycles. The number of carbonyl (C=O) groups excluding carboxylic acids is 1. The summed E-state index contributed by atoms with van der Waals surface area (Å²) in [5.41, 5.74) is 11.2. The molecule has 2 heterocycles. The van der Waals surface area contributed by atoms with Crippen molar-refractivity contribution in [3.05, 3.63) is 71.4 Å². The predicted octanol–water partition coefficient (Wildman–Crippen LogP) is 3.86. The number of amides is 1. The largest absolute Gasteiger partial charge is 0.496 e. The summed E-state index contributed by atoms with van der Waals surface area (Å²) < 4.78 is 12.8. The Morgan fingerprint density at radius 2 is 1.91 bits per heavy atom. The molecule has 0 atom stereocenters. The average Bonchev–Trinajstić information content (AvgIpc) is 3.23. The van der Waals surface area contributed by atoms with Gasteiger partial charge < -0.3 is 14.0 Å². The van der Waals surface area contributed by atoms with E-state index < -0.39 is 0 Å². The Hall–Kier alpha value is -3.81. The number of aryl methyl sites for hydroxylation is 2. The molecular formula is C25H31N5O3. The minimum atomic E-state index is -0.184. The van der Waals surface area contributed by atoms with Gasteiger partial charge in [-0.15, -0.1) is 0 Å². The third kappa shape index (κ3) is 5.52. The molecule has 3 aromatic rings. The molecule has 2 aromatic heterocycles. The molecule has 8 nitrogen and oxygen atoms in total. The lowest BCUT2D eigenvalue weighted by atomic mass is 9.95. The fourth-order valence-electron chi connectivity index (χ4n) is 3.49. The van der Waals surface area contributed by atoms with Crippen LogP contribution < -0.4 is 20.3 Å². The van der Waals surface area contributed by atoms with Crippen LogP contribution in [0.15, 0.2) is 43.4 Å². The first kappa shape index (κ1) is 23.8. The molecule has 8 heteroatoms. The maximum Gasteiger partial charge on any atom is 0.242 e. The van der Waals surface area contributed by atoms with Crippen molar-refractivity contribution in [1.82, 2.24) is 25.4 Å². The number of hydrazine groups is 1. The number of pyridine rings is 1. The molecule has 33 heavy (non-hydrogen) atoms. The van der Waals surface area contributed by atoms with Gasteiger partial charge in [0, 0.05) is 6.20 Å². The average molecular weight is 450 g/mol. The van der Waals surface area contributed by atoms with Gasteiger partial charge in [0.05, 0.1) is 44.1 Å². The van der Waals surface area contributed by atoms with Gasteiger partial charge in [0.25, 0.3) is 0 Å². The Labute approximate surface area is 194 Å². The van der Waals surface area contributed by atoms with Gasteiger partial charge in [-0.25, -0.2) is 9.97 Å². The highest BCUT2D eigenvalue weighted by atomic mass is 16.5. The van der Waals surface area contributed by atoms with E-state index in [-0.39, 0.29) is 18.2 Å². The monoisotopic (exact) mass is 449 g/mol. The number of rotatable bonds is 9. The van der Waals surface area contributed by atoms with Crippen LogP contribution in [0.3, 0.4) is 0 Å². The van der Waals surface area contributed by atoms with Gasteiger partial charge in [-0.05, 0) is 54.7 Å². The zero-order valence-corrected chi connectivity index (χ0v) is 20.0. The van der Waals surface area contributed by atoms with Gasteiger partial charge in [-0.1, -0.05) is 26.5 Å². The normalized spacial score (nSPS) is 10.8. The van der Waals surface area contributed by atoms with Crippen molar-refractivity contribution in [3.63, 3.8) is 0 Å². The number of nitrogens with one attached hydrogen (secondary N) is 2. The van der Waals surface area contributed by atoms with E-state index in [1.165, 1.54) is 0 Å². The maximum atomic E-state index is 12.6. The quantitative estimate of drug-likeness (QED) is 0.482. The Bertz CT molecular complexity index is 1170. The van der Waals surface area contributed by atoms with E-state index in [1.54, 1.807) is 26.6 Å². The standard InChI is InChI=1S/C25H31N5O3/c1-15(2)20-11-19(16(3)10-23(20)32-6)12-24(31)29-28-18(5)21-8-9-22(25(27-21)33-7)30-13-17(4)26-14-30/h8-11,13-15,28H,5,12H2,1-4,6-7H3,(H,29,31). The Kier molecular flexibility index (Phi) is 7.37.